The summed E-state index contributed by atoms with van der Waals surface area (Å²) in [5.41, 5.74) is -0.935. The molecule has 0 aromatic carbocycles. The maximum atomic E-state index is 14.2. The van der Waals surface area contributed by atoms with E-state index in [-0.39, 0.29) is 49.3 Å². The van der Waals surface area contributed by atoms with E-state index in [2.05, 4.69) is 27.8 Å². The Morgan fingerprint density at radius 1 is 1.13 bits per heavy atom. The van der Waals surface area contributed by atoms with E-state index in [9.17, 15) is 32.4 Å². The molecule has 13 nitrogen and oxygen atoms in total. The number of amides is 5. The minimum atomic E-state index is -3.60. The first-order valence-corrected chi connectivity index (χ1v) is 18.4. The largest absolute Gasteiger partial charge is 0.346 e. The maximum absolute atomic E-state index is 14.2. The summed E-state index contributed by atoms with van der Waals surface area (Å²) in [7, 11) is -3.60. The summed E-state index contributed by atoms with van der Waals surface area (Å²) in [6, 6.07) is -1.93. The van der Waals surface area contributed by atoms with Gasteiger partial charge in [0.2, 0.25) is 27.6 Å². The number of piperidine rings is 1. The van der Waals surface area contributed by atoms with Crippen LogP contribution in [0.2, 0.25) is 0 Å². The van der Waals surface area contributed by atoms with Gasteiger partial charge in [0.15, 0.2) is 0 Å². The second-order valence-electron chi connectivity index (χ2n) is 14.7. The van der Waals surface area contributed by atoms with Gasteiger partial charge in [0.05, 0.1) is 10.9 Å². The van der Waals surface area contributed by atoms with Crippen molar-refractivity contribution in [3.63, 3.8) is 0 Å². The molecule has 4 N–H and O–H groups in total. The summed E-state index contributed by atoms with van der Waals surface area (Å²) < 4.78 is 26.8. The number of Topliss-reactive ketones (excluding diaryl/α,β-unsaturated/α-hetero) is 1. The minimum absolute atomic E-state index is 0.0366. The van der Waals surface area contributed by atoms with Crippen LogP contribution in [-0.2, 0) is 35.7 Å². The van der Waals surface area contributed by atoms with Crippen molar-refractivity contribution in [2.45, 2.75) is 83.4 Å². The van der Waals surface area contributed by atoms with Crippen LogP contribution in [0.15, 0.2) is 29.0 Å². The van der Waals surface area contributed by atoms with E-state index in [1.807, 2.05) is 34.6 Å². The number of fused-ring (bicyclic) bond motifs is 2. The van der Waals surface area contributed by atoms with E-state index in [1.165, 1.54) is 26.6 Å². The van der Waals surface area contributed by atoms with Crippen molar-refractivity contribution in [1.82, 2.24) is 30.5 Å². The van der Waals surface area contributed by atoms with Gasteiger partial charge in [0, 0.05) is 37.6 Å². The van der Waals surface area contributed by atoms with Gasteiger partial charge in [-0.2, -0.15) is 4.31 Å². The number of carbonyl (C=O) groups is 5. The molecule has 3 fully saturated rings. The molecular weight excluding hydrogens is 645 g/mol. The number of thiophene rings is 1. The monoisotopic (exact) mass is 690 g/mol. The number of nitrogens with one attached hydrogen (secondary N) is 4. The number of carbonyl (C=O) groups excluding carboxylic acids is 5. The Balaban J connectivity index is 1.25. The van der Waals surface area contributed by atoms with E-state index in [0.29, 0.717) is 17.9 Å². The zero-order chi connectivity index (χ0) is 34.5. The molecule has 258 valence electrons. The van der Waals surface area contributed by atoms with Crippen molar-refractivity contribution in [1.29, 1.82) is 0 Å². The Kier molecular flexibility index (Phi) is 9.65. The van der Waals surface area contributed by atoms with E-state index < -0.39 is 63.1 Å². The summed E-state index contributed by atoms with van der Waals surface area (Å²) in [6.45, 7) is 13.9. The molecule has 0 spiro atoms. The van der Waals surface area contributed by atoms with Crippen LogP contribution in [-0.4, -0.2) is 91.5 Å². The molecule has 2 aliphatic heterocycles. The average Bonchev–Trinajstić information content (AvgIpc) is 3.67. The second kappa shape index (κ2) is 13.0. The lowest BCUT2D eigenvalue weighted by atomic mass is 9.85. The number of likely N-dealkylation sites (tertiary alicyclic amines) is 1. The zero-order valence-corrected chi connectivity index (χ0v) is 29.3. The third-order valence-corrected chi connectivity index (χ3v) is 12.9. The van der Waals surface area contributed by atoms with Gasteiger partial charge >= 0.3 is 6.03 Å². The number of nitrogens with zero attached hydrogens (tertiary/aromatic N) is 2. The molecule has 4 aliphatic rings. The lowest BCUT2D eigenvalue weighted by Crippen LogP contribution is -2.61. The van der Waals surface area contributed by atoms with E-state index >= 15 is 0 Å². The molecule has 15 heteroatoms. The van der Waals surface area contributed by atoms with Crippen molar-refractivity contribution in [2.75, 3.05) is 26.2 Å². The molecule has 5 amide bonds. The highest BCUT2D eigenvalue weighted by Gasteiger charge is 2.70. The van der Waals surface area contributed by atoms with E-state index in [0.717, 1.165) is 17.7 Å². The summed E-state index contributed by atoms with van der Waals surface area (Å²) in [5.74, 6) is -2.25. The van der Waals surface area contributed by atoms with Gasteiger partial charge in [-0.1, -0.05) is 53.5 Å². The molecule has 1 unspecified atom stereocenters. The number of hydrogen-bond acceptors (Lipinski definition) is 8. The highest BCUT2D eigenvalue weighted by molar-refractivity contribution is 7.89. The topological polar surface area (TPSA) is 174 Å². The van der Waals surface area contributed by atoms with Crippen molar-refractivity contribution in [3.8, 4) is 0 Å². The molecule has 2 aliphatic carbocycles. The third kappa shape index (κ3) is 7.12. The minimum Gasteiger partial charge on any atom is -0.346 e. The molecule has 47 heavy (non-hydrogen) atoms. The van der Waals surface area contributed by atoms with Crippen LogP contribution in [0.1, 0.15) is 58.8 Å². The summed E-state index contributed by atoms with van der Waals surface area (Å²) in [5, 5.41) is 12.5. The first kappa shape index (κ1) is 35.0. The Labute approximate surface area is 280 Å². The van der Waals surface area contributed by atoms with Gasteiger partial charge in [0.25, 0.3) is 5.91 Å². The van der Waals surface area contributed by atoms with Crippen LogP contribution in [0.4, 0.5) is 4.79 Å². The molecule has 0 radical (unpaired) electrons. The number of hydrogen-bond donors (Lipinski definition) is 4. The van der Waals surface area contributed by atoms with E-state index in [4.69, 9.17) is 0 Å². The normalized spacial score (nSPS) is 25.1. The van der Waals surface area contributed by atoms with Crippen LogP contribution in [0.25, 0.3) is 0 Å². The lowest BCUT2D eigenvalue weighted by Gasteiger charge is -2.38. The standard InChI is InChI=1S/C32H46N6O7S2/c1-7-11-33-28(41)25(39)20(15-18-8-9-18)35-27(40)24-23-19(32(23,5)6)16-38(24)29(42)26(31(2,3)4)36-30(43)34-12-13-37-17-21-22(10-14-46-21)47(37,44)45/h7,10,14,18-20,23-24,26H,1,8-9,11-13,15-17H2,2-6H3,(H,33,41)(H,35,40)(H2,34,36,43)/t19-,20?,23-,24-,26+/m0/s1. The first-order valence-electron chi connectivity index (χ1n) is 16.1. The fraction of sp³-hybridized carbons (Fsp3) is 0.656. The third-order valence-electron chi connectivity index (χ3n) is 9.97. The van der Waals surface area contributed by atoms with Crippen LogP contribution in [0.5, 0.6) is 0 Å². The molecule has 3 heterocycles. The molecule has 5 atom stereocenters. The highest BCUT2D eigenvalue weighted by atomic mass is 32.2. The molecule has 5 rings (SSSR count). The number of sulfonamides is 1. The van der Waals surface area contributed by atoms with Gasteiger partial charge < -0.3 is 26.2 Å². The fourth-order valence-electron chi connectivity index (χ4n) is 6.95. The molecule has 2 saturated carbocycles. The van der Waals surface area contributed by atoms with Gasteiger partial charge in [-0.3, -0.25) is 19.2 Å². The number of urea groups is 1. The smallest absolute Gasteiger partial charge is 0.315 e. The zero-order valence-electron chi connectivity index (χ0n) is 27.6. The lowest BCUT2D eigenvalue weighted by molar-refractivity contribution is -0.145. The number of rotatable bonds is 13. The second-order valence-corrected chi connectivity index (χ2v) is 17.6. The van der Waals surface area contributed by atoms with Gasteiger partial charge in [0.1, 0.15) is 12.1 Å². The molecule has 1 aromatic rings. The van der Waals surface area contributed by atoms with Crippen LogP contribution >= 0.6 is 11.3 Å². The van der Waals surface area contributed by atoms with Crippen LogP contribution < -0.4 is 21.3 Å². The van der Waals surface area contributed by atoms with Crippen molar-refractivity contribution >= 4 is 50.9 Å². The summed E-state index contributed by atoms with van der Waals surface area (Å²) in [4.78, 5) is 69.4. The summed E-state index contributed by atoms with van der Waals surface area (Å²) in [6.07, 6.45) is 3.66. The van der Waals surface area contributed by atoms with Gasteiger partial charge in [-0.05, 0) is 46.5 Å². The Morgan fingerprint density at radius 3 is 2.45 bits per heavy atom. The molecule has 1 saturated heterocycles. The molecular formula is C32H46N6O7S2. The van der Waals surface area contributed by atoms with Crippen LogP contribution in [0.3, 0.4) is 0 Å². The fourth-order valence-corrected chi connectivity index (χ4v) is 9.86. The Morgan fingerprint density at radius 2 is 1.83 bits per heavy atom. The Bertz CT molecular complexity index is 1560. The first-order chi connectivity index (χ1) is 22.0. The maximum Gasteiger partial charge on any atom is 0.315 e. The van der Waals surface area contributed by atoms with Crippen molar-refractivity contribution < 1.29 is 32.4 Å². The van der Waals surface area contributed by atoms with Crippen LogP contribution in [0, 0.1) is 28.6 Å². The highest BCUT2D eigenvalue weighted by Crippen LogP contribution is 2.65. The molecule has 1 aromatic heterocycles. The average molecular weight is 691 g/mol. The predicted octanol–water partition coefficient (Wildman–Crippen LogP) is 1.61. The predicted molar refractivity (Wildman–Crippen MR) is 175 cm³/mol. The SMILES string of the molecule is C=CCNC(=O)C(=O)C(CC1CC1)NC(=O)[C@@H]1[C@@H]2[C@H](CN1C(=O)[C@@H](NC(=O)NCCN1Cc3sccc3S1(=O)=O)C(C)(C)C)C2(C)C. The van der Waals surface area contributed by atoms with Gasteiger partial charge in [-0.25, -0.2) is 13.2 Å². The van der Waals surface area contributed by atoms with Crippen molar-refractivity contribution in [2.24, 2.45) is 28.6 Å². The van der Waals surface area contributed by atoms with Gasteiger partial charge in [-0.15, -0.1) is 17.9 Å². The molecule has 0 bridgehead atoms. The Hall–Kier alpha value is -3.30. The summed E-state index contributed by atoms with van der Waals surface area (Å²) >= 11 is 1.37. The van der Waals surface area contributed by atoms with E-state index in [1.54, 1.807) is 11.4 Å². The van der Waals surface area contributed by atoms with Crippen molar-refractivity contribution in [3.05, 3.63) is 29.0 Å². The number of ketones is 1. The quantitative estimate of drug-likeness (QED) is 0.180.